The Morgan fingerprint density at radius 3 is 1.69 bits per heavy atom. The summed E-state index contributed by atoms with van der Waals surface area (Å²) in [6.07, 6.45) is 12.3. The smallest absolute Gasteiger partial charge is 0.356 e. The molecule has 2 aliphatic rings. The maximum atomic E-state index is 6.73. The minimum absolute atomic E-state index is 0.348. The lowest BCUT2D eigenvalue weighted by Crippen LogP contribution is -2.35. The Bertz CT molecular complexity index is 1010. The summed E-state index contributed by atoms with van der Waals surface area (Å²) < 4.78 is 13.5. The number of aliphatic imine (C=N–C) groups is 1. The maximum absolute atomic E-state index is 6.73. The summed E-state index contributed by atoms with van der Waals surface area (Å²) >= 11 is 7.85. The van der Waals surface area contributed by atoms with Crippen molar-refractivity contribution in [3.05, 3.63) is 58.7 Å². The summed E-state index contributed by atoms with van der Waals surface area (Å²) in [5.74, 6) is 1.66. The van der Waals surface area contributed by atoms with Gasteiger partial charge in [0.15, 0.2) is 5.17 Å². The predicted octanol–water partition coefficient (Wildman–Crippen LogP) is 8.95. The van der Waals surface area contributed by atoms with Gasteiger partial charge >= 0.3 is 5.69 Å². The molecule has 0 atom stereocenters. The van der Waals surface area contributed by atoms with Gasteiger partial charge < -0.3 is 14.4 Å². The summed E-state index contributed by atoms with van der Waals surface area (Å²) in [6, 6.07) is 13.2. The molecule has 0 radical (unpaired) electrons. The minimum atomic E-state index is -2.91. The zero-order valence-electron chi connectivity index (χ0n) is 22.2. The molecule has 4 nitrogen and oxygen atoms in total. The number of rotatable bonds is 7. The van der Waals surface area contributed by atoms with Crippen molar-refractivity contribution in [2.75, 3.05) is 0 Å². The SMILES string of the molecule is Cc1cccc(C)c1OP(=S)(Oc1c(C)cccc1C)SC(=NC1CCCCC1)NC1CCCCC1. The molecule has 0 aromatic heterocycles. The van der Waals surface area contributed by atoms with E-state index in [2.05, 4.69) is 69.4 Å². The van der Waals surface area contributed by atoms with Crippen molar-refractivity contribution in [1.29, 1.82) is 0 Å². The van der Waals surface area contributed by atoms with E-state index in [1.807, 2.05) is 0 Å². The van der Waals surface area contributed by atoms with E-state index in [9.17, 15) is 0 Å². The molecule has 0 heterocycles. The highest BCUT2D eigenvalue weighted by Gasteiger charge is 2.31. The van der Waals surface area contributed by atoms with Gasteiger partial charge in [-0.2, -0.15) is 0 Å². The lowest BCUT2D eigenvalue weighted by Gasteiger charge is -2.30. The lowest BCUT2D eigenvalue weighted by atomic mass is 9.95. The lowest BCUT2D eigenvalue weighted by molar-refractivity contribution is 0.411. The largest absolute Gasteiger partial charge is 0.427 e. The highest BCUT2D eigenvalue weighted by Crippen LogP contribution is 2.62. The summed E-state index contributed by atoms with van der Waals surface area (Å²) in [5, 5.41) is 4.71. The molecule has 0 unspecified atom stereocenters. The quantitative estimate of drug-likeness (QED) is 0.214. The Hall–Kier alpha value is -1.49. The van der Waals surface area contributed by atoms with Gasteiger partial charge in [0.1, 0.15) is 11.5 Å². The van der Waals surface area contributed by atoms with E-state index in [0.717, 1.165) is 51.8 Å². The van der Waals surface area contributed by atoms with Gasteiger partial charge in [-0.05, 0) is 75.6 Å². The van der Waals surface area contributed by atoms with Crippen molar-refractivity contribution in [2.45, 2.75) is 104 Å². The van der Waals surface area contributed by atoms with Crippen LogP contribution in [0.5, 0.6) is 11.5 Å². The van der Waals surface area contributed by atoms with E-state index < -0.39 is 5.69 Å². The van der Waals surface area contributed by atoms with Crippen molar-refractivity contribution in [3.63, 3.8) is 0 Å². The summed E-state index contributed by atoms with van der Waals surface area (Å²) in [7, 11) is 0. The van der Waals surface area contributed by atoms with Crippen molar-refractivity contribution in [1.82, 2.24) is 5.32 Å². The van der Waals surface area contributed by atoms with Gasteiger partial charge in [0.2, 0.25) is 0 Å². The van der Waals surface area contributed by atoms with E-state index in [0.29, 0.717) is 12.1 Å². The Labute approximate surface area is 227 Å². The third-order valence-corrected chi connectivity index (χ3v) is 11.4. The van der Waals surface area contributed by atoms with Gasteiger partial charge in [0, 0.05) is 29.2 Å². The van der Waals surface area contributed by atoms with Crippen LogP contribution in [0.15, 0.2) is 41.4 Å². The van der Waals surface area contributed by atoms with E-state index in [1.54, 1.807) is 0 Å². The fourth-order valence-corrected chi connectivity index (χ4v) is 9.61. The van der Waals surface area contributed by atoms with E-state index >= 15 is 0 Å². The molecule has 0 bridgehead atoms. The molecule has 2 aromatic carbocycles. The topological polar surface area (TPSA) is 42.9 Å². The molecule has 2 aliphatic carbocycles. The second kappa shape index (κ2) is 12.8. The van der Waals surface area contributed by atoms with E-state index in [1.165, 1.54) is 62.7 Å². The minimum Gasteiger partial charge on any atom is -0.427 e. The van der Waals surface area contributed by atoms with Crippen molar-refractivity contribution >= 4 is 34.0 Å². The standard InChI is InChI=1S/C29H41N2O2PS2/c1-21-13-11-14-22(2)27(21)32-34(35,33-28-23(3)15-12-16-24(28)4)36-29(30-25-17-7-5-8-18-25)31-26-19-9-6-10-20-26/h11-16,25-26H,5-10,17-20H2,1-4H3,(H,30,31). The van der Waals surface area contributed by atoms with Gasteiger partial charge in [-0.15, -0.1) is 0 Å². The Morgan fingerprint density at radius 2 is 1.22 bits per heavy atom. The van der Waals surface area contributed by atoms with E-state index in [-0.39, 0.29) is 0 Å². The molecule has 196 valence electrons. The molecule has 0 aliphatic heterocycles. The molecular weight excluding hydrogens is 503 g/mol. The number of hydrogen-bond acceptors (Lipinski definition) is 5. The Morgan fingerprint density at radius 1 is 0.778 bits per heavy atom. The fraction of sp³-hybridized carbons (Fsp3) is 0.552. The van der Waals surface area contributed by atoms with Crippen LogP contribution in [0.1, 0.15) is 86.5 Å². The molecule has 2 fully saturated rings. The van der Waals surface area contributed by atoms with Gasteiger partial charge in [0.25, 0.3) is 0 Å². The van der Waals surface area contributed by atoms with Crippen LogP contribution < -0.4 is 14.4 Å². The first-order valence-electron chi connectivity index (χ1n) is 13.5. The van der Waals surface area contributed by atoms with Gasteiger partial charge in [-0.1, -0.05) is 74.9 Å². The zero-order valence-corrected chi connectivity index (χ0v) is 24.7. The van der Waals surface area contributed by atoms with Gasteiger partial charge in [-0.25, -0.2) is 0 Å². The molecule has 1 N–H and O–H groups in total. The molecule has 7 heteroatoms. The molecular formula is C29H41N2O2PS2. The second-order valence-electron chi connectivity index (χ2n) is 10.4. The normalized spacial score (nSPS) is 18.2. The van der Waals surface area contributed by atoms with Crippen LogP contribution in [0.4, 0.5) is 0 Å². The van der Waals surface area contributed by atoms with Crippen LogP contribution in [0.25, 0.3) is 0 Å². The summed E-state index contributed by atoms with van der Waals surface area (Å²) in [6.45, 7) is 8.29. The third kappa shape index (κ3) is 7.52. The first-order chi connectivity index (χ1) is 17.3. The number of benzene rings is 2. The monoisotopic (exact) mass is 544 g/mol. The van der Waals surface area contributed by atoms with Crippen molar-refractivity contribution in [3.8, 4) is 11.5 Å². The average Bonchev–Trinajstić information content (AvgIpc) is 2.85. The van der Waals surface area contributed by atoms with Crippen LogP contribution in [-0.4, -0.2) is 17.3 Å². The number of para-hydroxylation sites is 2. The molecule has 2 aromatic rings. The van der Waals surface area contributed by atoms with Gasteiger partial charge in [0.05, 0.1) is 6.04 Å². The summed E-state index contributed by atoms with van der Waals surface area (Å²) in [4.78, 5) is 5.26. The highest BCUT2D eigenvalue weighted by atomic mass is 32.9. The molecule has 0 saturated heterocycles. The number of amidine groups is 1. The van der Waals surface area contributed by atoms with Crippen LogP contribution in [-0.2, 0) is 11.8 Å². The Balaban J connectivity index is 1.69. The molecule has 36 heavy (non-hydrogen) atoms. The Kier molecular flexibility index (Phi) is 9.83. The molecule has 2 saturated carbocycles. The first-order valence-corrected chi connectivity index (χ1v) is 17.5. The average molecular weight is 545 g/mol. The number of aryl methyl sites for hydroxylation is 4. The predicted molar refractivity (Wildman–Crippen MR) is 159 cm³/mol. The summed E-state index contributed by atoms with van der Waals surface area (Å²) in [5.41, 5.74) is 1.38. The third-order valence-electron chi connectivity index (χ3n) is 7.23. The highest BCUT2D eigenvalue weighted by molar-refractivity contribution is 8.73. The van der Waals surface area contributed by atoms with Crippen LogP contribution in [0, 0.1) is 27.7 Å². The molecule has 0 spiro atoms. The molecule has 0 amide bonds. The second-order valence-corrected chi connectivity index (χ2v) is 16.3. The maximum Gasteiger partial charge on any atom is 0.356 e. The zero-order chi connectivity index (χ0) is 25.5. The van der Waals surface area contributed by atoms with E-state index in [4.69, 9.17) is 25.8 Å². The van der Waals surface area contributed by atoms with Crippen LogP contribution in [0.2, 0.25) is 0 Å². The number of nitrogens with zero attached hydrogens (tertiary/aromatic N) is 1. The van der Waals surface area contributed by atoms with Gasteiger partial charge in [-0.3, -0.25) is 4.99 Å². The van der Waals surface area contributed by atoms with Crippen LogP contribution >= 0.6 is 17.1 Å². The number of hydrogen-bond donors (Lipinski definition) is 1. The first kappa shape index (κ1) is 27.5. The van der Waals surface area contributed by atoms with Crippen molar-refractivity contribution in [2.24, 2.45) is 4.99 Å². The van der Waals surface area contributed by atoms with Crippen LogP contribution in [0.3, 0.4) is 0 Å². The van der Waals surface area contributed by atoms with Crippen molar-refractivity contribution < 1.29 is 9.05 Å². The molecule has 4 rings (SSSR count). The fourth-order valence-electron chi connectivity index (χ4n) is 5.16. The number of nitrogens with one attached hydrogen (secondary N) is 1.